The van der Waals surface area contributed by atoms with Crippen LogP contribution < -0.4 is 0 Å². The van der Waals surface area contributed by atoms with Crippen LogP contribution in [0.15, 0.2) is 17.2 Å². The molecule has 0 fully saturated rings. The first-order valence-electron chi connectivity index (χ1n) is 6.00. The number of methoxy groups -OCH3 is 1. The van der Waals surface area contributed by atoms with Gasteiger partial charge in [-0.25, -0.2) is 9.78 Å². The Bertz CT molecular complexity index is 462. The standard InChI is InChI=1S/C13H17NO4S/c1-3-4-10-7-9(13(16)17)8-11(14-10)19-6-5-12(15)18-2/h7-8H,3-6H2,1-2H3,(H,16,17). The van der Waals surface area contributed by atoms with Crippen LogP contribution in [0.5, 0.6) is 0 Å². The van der Waals surface area contributed by atoms with Crippen LogP contribution in [0.2, 0.25) is 0 Å². The summed E-state index contributed by atoms with van der Waals surface area (Å²) in [5.74, 6) is -0.723. The summed E-state index contributed by atoms with van der Waals surface area (Å²) in [5.41, 5.74) is 1.00. The monoisotopic (exact) mass is 283 g/mol. The van der Waals surface area contributed by atoms with Crippen LogP contribution in [-0.2, 0) is 16.0 Å². The van der Waals surface area contributed by atoms with Crippen molar-refractivity contribution in [3.63, 3.8) is 0 Å². The van der Waals surface area contributed by atoms with Gasteiger partial charge in [0.15, 0.2) is 0 Å². The average Bonchev–Trinajstić information content (AvgIpc) is 2.38. The number of aromatic nitrogens is 1. The van der Waals surface area contributed by atoms with Gasteiger partial charge in [0.1, 0.15) is 0 Å². The van der Waals surface area contributed by atoms with E-state index in [1.165, 1.54) is 24.9 Å². The van der Waals surface area contributed by atoms with E-state index in [0.29, 0.717) is 10.8 Å². The van der Waals surface area contributed by atoms with Gasteiger partial charge in [-0.15, -0.1) is 11.8 Å². The van der Waals surface area contributed by atoms with Crippen molar-refractivity contribution < 1.29 is 19.4 Å². The molecule has 0 aliphatic carbocycles. The SMILES string of the molecule is CCCc1cc(C(=O)O)cc(SCCC(=O)OC)n1. The molecule has 0 atom stereocenters. The van der Waals surface area contributed by atoms with E-state index in [1.54, 1.807) is 6.07 Å². The molecule has 6 heteroatoms. The molecule has 1 aromatic heterocycles. The summed E-state index contributed by atoms with van der Waals surface area (Å²) in [6, 6.07) is 3.12. The molecule has 1 N–H and O–H groups in total. The second kappa shape index (κ2) is 7.78. The summed E-state index contributed by atoms with van der Waals surface area (Å²) < 4.78 is 4.55. The number of thioether (sulfide) groups is 1. The van der Waals surface area contributed by atoms with Gasteiger partial charge in [0.05, 0.1) is 24.1 Å². The van der Waals surface area contributed by atoms with Gasteiger partial charge in [-0.05, 0) is 18.6 Å². The highest BCUT2D eigenvalue weighted by Gasteiger charge is 2.09. The Morgan fingerprint density at radius 1 is 1.42 bits per heavy atom. The molecule has 1 aromatic rings. The molecule has 1 heterocycles. The molecule has 0 bridgehead atoms. The zero-order valence-electron chi connectivity index (χ0n) is 11.0. The lowest BCUT2D eigenvalue weighted by Gasteiger charge is -2.06. The van der Waals surface area contributed by atoms with Crippen LogP contribution in [0.1, 0.15) is 35.8 Å². The third kappa shape index (κ3) is 5.30. The number of hydrogen-bond acceptors (Lipinski definition) is 5. The normalized spacial score (nSPS) is 10.2. The Morgan fingerprint density at radius 2 is 2.16 bits per heavy atom. The molecule has 0 radical (unpaired) electrons. The molecule has 0 aliphatic heterocycles. The van der Waals surface area contributed by atoms with Crippen molar-refractivity contribution in [2.24, 2.45) is 0 Å². The van der Waals surface area contributed by atoms with Crippen molar-refractivity contribution in [3.05, 3.63) is 23.4 Å². The van der Waals surface area contributed by atoms with E-state index in [4.69, 9.17) is 5.11 Å². The summed E-state index contributed by atoms with van der Waals surface area (Å²) in [6.45, 7) is 2.01. The number of carboxylic acid groups (broad SMARTS) is 1. The maximum Gasteiger partial charge on any atom is 0.335 e. The fourth-order valence-corrected chi connectivity index (χ4v) is 2.35. The van der Waals surface area contributed by atoms with Gasteiger partial charge in [-0.2, -0.15) is 0 Å². The number of carbonyl (C=O) groups excluding carboxylic acids is 1. The highest BCUT2D eigenvalue weighted by molar-refractivity contribution is 7.99. The zero-order chi connectivity index (χ0) is 14.3. The molecule has 0 unspecified atom stereocenters. The lowest BCUT2D eigenvalue weighted by Crippen LogP contribution is -2.03. The smallest absolute Gasteiger partial charge is 0.335 e. The Kier molecular flexibility index (Phi) is 6.35. The molecule has 5 nitrogen and oxygen atoms in total. The number of aromatic carboxylic acids is 1. The summed E-state index contributed by atoms with van der Waals surface area (Å²) in [5, 5.41) is 9.67. The fraction of sp³-hybridized carbons (Fsp3) is 0.462. The van der Waals surface area contributed by atoms with Gasteiger partial charge in [0.2, 0.25) is 0 Å². The summed E-state index contributed by atoms with van der Waals surface area (Å²) in [4.78, 5) is 26.4. The number of rotatable bonds is 7. The Morgan fingerprint density at radius 3 is 2.74 bits per heavy atom. The second-order valence-corrected chi connectivity index (χ2v) is 5.03. The van der Waals surface area contributed by atoms with E-state index in [9.17, 15) is 9.59 Å². The summed E-state index contributed by atoms with van der Waals surface area (Å²) in [6.07, 6.45) is 1.93. The molecular formula is C13H17NO4S. The number of aryl methyl sites for hydroxylation is 1. The van der Waals surface area contributed by atoms with Crippen molar-refractivity contribution in [3.8, 4) is 0 Å². The number of nitrogens with zero attached hydrogens (tertiary/aromatic N) is 1. The van der Waals surface area contributed by atoms with E-state index in [0.717, 1.165) is 18.5 Å². The lowest BCUT2D eigenvalue weighted by molar-refractivity contribution is -0.140. The van der Waals surface area contributed by atoms with Gasteiger partial charge in [0.25, 0.3) is 0 Å². The van der Waals surface area contributed by atoms with Gasteiger partial charge < -0.3 is 9.84 Å². The van der Waals surface area contributed by atoms with Gasteiger partial charge in [0, 0.05) is 11.4 Å². The molecule has 1 rings (SSSR count). The molecule has 104 valence electrons. The Labute approximate surface area is 116 Å². The summed E-state index contributed by atoms with van der Waals surface area (Å²) >= 11 is 1.36. The van der Waals surface area contributed by atoms with Crippen LogP contribution >= 0.6 is 11.8 Å². The van der Waals surface area contributed by atoms with E-state index in [1.807, 2.05) is 6.92 Å². The highest BCUT2D eigenvalue weighted by atomic mass is 32.2. The topological polar surface area (TPSA) is 76.5 Å². The van der Waals surface area contributed by atoms with Crippen molar-refractivity contribution in [1.29, 1.82) is 0 Å². The Balaban J connectivity index is 2.75. The Hall–Kier alpha value is -1.56. The first kappa shape index (κ1) is 15.5. The summed E-state index contributed by atoms with van der Waals surface area (Å²) in [7, 11) is 1.34. The predicted molar refractivity (Wildman–Crippen MR) is 72.5 cm³/mol. The van der Waals surface area contributed by atoms with Crippen LogP contribution in [0, 0.1) is 0 Å². The van der Waals surface area contributed by atoms with Crippen molar-refractivity contribution >= 4 is 23.7 Å². The van der Waals surface area contributed by atoms with Crippen molar-refractivity contribution in [1.82, 2.24) is 4.98 Å². The lowest BCUT2D eigenvalue weighted by atomic mass is 10.2. The fourth-order valence-electron chi connectivity index (χ4n) is 1.48. The minimum absolute atomic E-state index is 0.235. The highest BCUT2D eigenvalue weighted by Crippen LogP contribution is 2.20. The first-order valence-corrected chi connectivity index (χ1v) is 6.99. The van der Waals surface area contributed by atoms with Crippen molar-refractivity contribution in [2.45, 2.75) is 31.2 Å². The molecule has 0 amide bonds. The van der Waals surface area contributed by atoms with Crippen LogP contribution in [0.3, 0.4) is 0 Å². The van der Waals surface area contributed by atoms with E-state index >= 15 is 0 Å². The molecule has 0 spiro atoms. The minimum Gasteiger partial charge on any atom is -0.478 e. The van der Waals surface area contributed by atoms with Crippen molar-refractivity contribution in [2.75, 3.05) is 12.9 Å². The van der Waals surface area contributed by atoms with E-state index in [-0.39, 0.29) is 18.0 Å². The van der Waals surface area contributed by atoms with Gasteiger partial charge in [-0.1, -0.05) is 13.3 Å². The number of esters is 1. The zero-order valence-corrected chi connectivity index (χ0v) is 11.8. The first-order chi connectivity index (χ1) is 9.06. The molecular weight excluding hydrogens is 266 g/mol. The molecule has 0 aromatic carbocycles. The van der Waals surface area contributed by atoms with Gasteiger partial charge in [-0.3, -0.25) is 4.79 Å². The minimum atomic E-state index is -0.963. The van der Waals surface area contributed by atoms with Crippen LogP contribution in [-0.4, -0.2) is 34.9 Å². The third-order valence-electron chi connectivity index (χ3n) is 2.39. The third-order valence-corrected chi connectivity index (χ3v) is 3.30. The maximum absolute atomic E-state index is 11.0. The number of pyridine rings is 1. The van der Waals surface area contributed by atoms with E-state index in [2.05, 4.69) is 9.72 Å². The number of hydrogen-bond donors (Lipinski definition) is 1. The number of carbonyl (C=O) groups is 2. The largest absolute Gasteiger partial charge is 0.478 e. The predicted octanol–water partition coefficient (Wildman–Crippen LogP) is 2.39. The molecule has 19 heavy (non-hydrogen) atoms. The molecule has 0 saturated carbocycles. The molecule has 0 saturated heterocycles. The number of ether oxygens (including phenoxy) is 1. The van der Waals surface area contributed by atoms with Gasteiger partial charge >= 0.3 is 11.9 Å². The maximum atomic E-state index is 11.0. The van der Waals surface area contributed by atoms with Crippen LogP contribution in [0.4, 0.5) is 0 Å². The quantitative estimate of drug-likeness (QED) is 0.611. The average molecular weight is 283 g/mol. The number of carboxylic acids is 1. The van der Waals surface area contributed by atoms with Crippen LogP contribution in [0.25, 0.3) is 0 Å². The second-order valence-electron chi connectivity index (χ2n) is 3.92. The van der Waals surface area contributed by atoms with E-state index < -0.39 is 5.97 Å². The molecule has 0 aliphatic rings.